The molecular formula is C10H12BrClN2O. The second kappa shape index (κ2) is 5.47. The molecule has 5 heteroatoms. The summed E-state index contributed by atoms with van der Waals surface area (Å²) in [5.74, 6) is -0.163. The zero-order chi connectivity index (χ0) is 11.4. The topological polar surface area (TPSA) is 42.0 Å². The Hall–Kier alpha value is -0.610. The number of nitrogens with one attached hydrogen (secondary N) is 1. The van der Waals surface area contributed by atoms with E-state index in [-0.39, 0.29) is 16.8 Å². The first-order valence-electron chi connectivity index (χ1n) is 4.56. The summed E-state index contributed by atoms with van der Waals surface area (Å²) >= 11 is 9.14. The van der Waals surface area contributed by atoms with Gasteiger partial charge in [0.15, 0.2) is 0 Å². The molecule has 0 radical (unpaired) electrons. The van der Waals surface area contributed by atoms with E-state index < -0.39 is 0 Å². The molecule has 2 unspecified atom stereocenters. The highest BCUT2D eigenvalue weighted by Gasteiger charge is 2.13. The fourth-order valence-corrected chi connectivity index (χ4v) is 1.25. The zero-order valence-electron chi connectivity index (χ0n) is 8.50. The van der Waals surface area contributed by atoms with Crippen molar-refractivity contribution in [2.45, 2.75) is 24.7 Å². The predicted octanol–water partition coefficient (Wildman–Crippen LogP) is 2.64. The maximum Gasteiger partial charge on any atom is 0.253 e. The molecule has 3 nitrogen and oxygen atoms in total. The molecule has 0 aliphatic rings. The molecule has 0 fully saturated rings. The number of nitrogens with zero attached hydrogens (tertiary/aromatic N) is 1. The Labute approximate surface area is 102 Å². The van der Waals surface area contributed by atoms with Gasteiger partial charge in [0.2, 0.25) is 0 Å². The van der Waals surface area contributed by atoms with Crippen LogP contribution in [0.2, 0.25) is 5.02 Å². The lowest BCUT2D eigenvalue weighted by Gasteiger charge is -2.15. The summed E-state index contributed by atoms with van der Waals surface area (Å²) in [5.41, 5.74) is 0.475. The van der Waals surface area contributed by atoms with Crippen molar-refractivity contribution in [1.82, 2.24) is 10.3 Å². The van der Waals surface area contributed by atoms with E-state index in [1.165, 1.54) is 12.4 Å². The lowest BCUT2D eigenvalue weighted by atomic mass is 10.2. The summed E-state index contributed by atoms with van der Waals surface area (Å²) < 4.78 is 0. The Balaban J connectivity index is 2.69. The van der Waals surface area contributed by atoms with Crippen molar-refractivity contribution in [1.29, 1.82) is 0 Å². The molecule has 0 bridgehead atoms. The summed E-state index contributed by atoms with van der Waals surface area (Å²) in [5, 5.41) is 3.30. The molecule has 0 saturated carbocycles. The van der Waals surface area contributed by atoms with Gasteiger partial charge in [0.25, 0.3) is 5.91 Å². The van der Waals surface area contributed by atoms with Gasteiger partial charge in [0.05, 0.1) is 10.6 Å². The van der Waals surface area contributed by atoms with Crippen LogP contribution in [0, 0.1) is 0 Å². The van der Waals surface area contributed by atoms with Crippen LogP contribution < -0.4 is 5.32 Å². The molecule has 1 N–H and O–H groups in total. The van der Waals surface area contributed by atoms with Crippen LogP contribution in [0.1, 0.15) is 24.2 Å². The quantitative estimate of drug-likeness (QED) is 0.870. The predicted molar refractivity (Wildman–Crippen MR) is 64.6 cm³/mol. The third-order valence-electron chi connectivity index (χ3n) is 2.01. The molecule has 1 heterocycles. The molecule has 1 rings (SSSR count). The molecule has 0 aliphatic heterocycles. The van der Waals surface area contributed by atoms with Crippen LogP contribution >= 0.6 is 27.5 Å². The lowest BCUT2D eigenvalue weighted by molar-refractivity contribution is 0.0940. The van der Waals surface area contributed by atoms with Crippen molar-refractivity contribution >= 4 is 33.4 Å². The Kier molecular flexibility index (Phi) is 4.54. The van der Waals surface area contributed by atoms with Gasteiger partial charge in [-0.05, 0) is 13.0 Å². The number of pyridine rings is 1. The highest BCUT2D eigenvalue weighted by atomic mass is 79.9. The Morgan fingerprint density at radius 1 is 1.53 bits per heavy atom. The van der Waals surface area contributed by atoms with Gasteiger partial charge < -0.3 is 5.32 Å². The summed E-state index contributed by atoms with van der Waals surface area (Å²) in [6.07, 6.45) is 2.99. The summed E-state index contributed by atoms with van der Waals surface area (Å²) in [4.78, 5) is 15.8. The monoisotopic (exact) mass is 290 g/mol. The van der Waals surface area contributed by atoms with Crippen molar-refractivity contribution in [2.75, 3.05) is 0 Å². The highest BCUT2D eigenvalue weighted by molar-refractivity contribution is 9.09. The Morgan fingerprint density at radius 2 is 2.20 bits per heavy atom. The number of amides is 1. The van der Waals surface area contributed by atoms with E-state index in [9.17, 15) is 4.79 Å². The summed E-state index contributed by atoms with van der Waals surface area (Å²) in [6, 6.07) is 1.65. The minimum atomic E-state index is -0.163. The molecule has 0 saturated heterocycles. The molecule has 1 aromatic heterocycles. The van der Waals surface area contributed by atoms with Gasteiger partial charge in [0, 0.05) is 23.3 Å². The summed E-state index contributed by atoms with van der Waals surface area (Å²) in [6.45, 7) is 3.90. The number of hydrogen-bond donors (Lipinski definition) is 1. The minimum Gasteiger partial charge on any atom is -0.348 e. The third kappa shape index (κ3) is 3.80. The van der Waals surface area contributed by atoms with E-state index in [0.29, 0.717) is 10.6 Å². The van der Waals surface area contributed by atoms with Crippen LogP contribution in [0.4, 0.5) is 0 Å². The van der Waals surface area contributed by atoms with Gasteiger partial charge >= 0.3 is 0 Å². The lowest BCUT2D eigenvalue weighted by Crippen LogP contribution is -2.37. The average molecular weight is 292 g/mol. The Bertz CT molecular complexity index is 357. The molecule has 0 spiro atoms. The van der Waals surface area contributed by atoms with Crippen LogP contribution in [-0.2, 0) is 0 Å². The van der Waals surface area contributed by atoms with Crippen molar-refractivity contribution in [3.8, 4) is 0 Å². The molecular weight excluding hydrogens is 279 g/mol. The first-order valence-corrected chi connectivity index (χ1v) is 5.85. The smallest absolute Gasteiger partial charge is 0.253 e. The van der Waals surface area contributed by atoms with Gasteiger partial charge in [-0.2, -0.15) is 0 Å². The minimum absolute atomic E-state index is 0.0523. The largest absolute Gasteiger partial charge is 0.348 e. The van der Waals surface area contributed by atoms with Gasteiger partial charge in [-0.1, -0.05) is 34.5 Å². The molecule has 0 aliphatic carbocycles. The first-order chi connectivity index (χ1) is 7.00. The fourth-order valence-electron chi connectivity index (χ4n) is 0.941. The van der Waals surface area contributed by atoms with Crippen molar-refractivity contribution in [3.63, 3.8) is 0 Å². The van der Waals surface area contributed by atoms with E-state index in [1.54, 1.807) is 6.07 Å². The average Bonchev–Trinajstić information content (AvgIpc) is 2.17. The van der Waals surface area contributed by atoms with Gasteiger partial charge in [0.1, 0.15) is 0 Å². The first kappa shape index (κ1) is 12.5. The van der Waals surface area contributed by atoms with Crippen molar-refractivity contribution in [3.05, 3.63) is 29.0 Å². The summed E-state index contributed by atoms with van der Waals surface area (Å²) in [7, 11) is 0. The second-order valence-corrected chi connectivity index (χ2v) is 5.21. The maximum absolute atomic E-state index is 11.7. The zero-order valence-corrected chi connectivity index (χ0v) is 10.8. The van der Waals surface area contributed by atoms with Gasteiger partial charge in [-0.25, -0.2) is 0 Å². The van der Waals surface area contributed by atoms with E-state index in [4.69, 9.17) is 11.6 Å². The van der Waals surface area contributed by atoms with E-state index >= 15 is 0 Å². The third-order valence-corrected chi connectivity index (χ3v) is 3.01. The van der Waals surface area contributed by atoms with Crippen molar-refractivity contribution < 1.29 is 4.79 Å². The van der Waals surface area contributed by atoms with Crippen LogP contribution in [0.15, 0.2) is 18.5 Å². The number of carbonyl (C=O) groups is 1. The van der Waals surface area contributed by atoms with Crippen LogP contribution in [-0.4, -0.2) is 21.8 Å². The number of carbonyl (C=O) groups excluding carboxylic acids is 1. The van der Waals surface area contributed by atoms with Gasteiger partial charge in [-0.3, -0.25) is 9.78 Å². The molecule has 2 atom stereocenters. The van der Waals surface area contributed by atoms with Crippen LogP contribution in [0.5, 0.6) is 0 Å². The Morgan fingerprint density at radius 3 is 2.73 bits per heavy atom. The number of hydrogen-bond acceptors (Lipinski definition) is 2. The fraction of sp³-hybridized carbons (Fsp3) is 0.400. The molecule has 15 heavy (non-hydrogen) atoms. The van der Waals surface area contributed by atoms with Crippen LogP contribution in [0.3, 0.4) is 0 Å². The second-order valence-electron chi connectivity index (χ2n) is 3.33. The molecule has 82 valence electrons. The van der Waals surface area contributed by atoms with E-state index in [2.05, 4.69) is 26.2 Å². The van der Waals surface area contributed by atoms with E-state index in [1.807, 2.05) is 13.8 Å². The molecule has 1 amide bonds. The number of aromatic nitrogens is 1. The standard InChI is InChI=1S/C10H12BrClN2O/c1-6(11)7(2)14-10(15)8-3-9(12)5-13-4-8/h3-7H,1-2H3,(H,14,15). The number of rotatable bonds is 3. The number of halogens is 2. The van der Waals surface area contributed by atoms with Crippen LogP contribution in [0.25, 0.3) is 0 Å². The molecule has 0 aromatic carbocycles. The normalized spacial score (nSPS) is 14.4. The SMILES string of the molecule is CC(Br)C(C)NC(=O)c1cncc(Cl)c1. The van der Waals surface area contributed by atoms with Crippen molar-refractivity contribution in [2.24, 2.45) is 0 Å². The van der Waals surface area contributed by atoms with Gasteiger partial charge in [-0.15, -0.1) is 0 Å². The molecule has 1 aromatic rings. The maximum atomic E-state index is 11.7. The van der Waals surface area contributed by atoms with E-state index in [0.717, 1.165) is 0 Å². The highest BCUT2D eigenvalue weighted by Crippen LogP contribution is 2.09. The number of alkyl halides is 1.